The van der Waals surface area contributed by atoms with Crippen LogP contribution in [-0.2, 0) is 5.41 Å². The quantitative estimate of drug-likeness (QED) is 0.805. The predicted octanol–water partition coefficient (Wildman–Crippen LogP) is 3.72. The van der Waals surface area contributed by atoms with E-state index in [0.717, 1.165) is 6.54 Å². The minimum atomic E-state index is 0.284. The molecule has 0 spiro atoms. The van der Waals surface area contributed by atoms with Crippen molar-refractivity contribution in [3.63, 3.8) is 0 Å². The van der Waals surface area contributed by atoms with Gasteiger partial charge in [-0.1, -0.05) is 20.8 Å². The molecule has 1 rings (SSSR count). The summed E-state index contributed by atoms with van der Waals surface area (Å²) in [7, 11) is 0. The maximum absolute atomic E-state index is 3.48. The summed E-state index contributed by atoms with van der Waals surface area (Å²) in [6.45, 7) is 12.3. The fourth-order valence-electron chi connectivity index (χ4n) is 2.10. The topological polar surface area (TPSA) is 12.0 Å². The Morgan fingerprint density at radius 1 is 1.47 bits per heavy atom. The Labute approximate surface area is 97.9 Å². The zero-order valence-corrected chi connectivity index (χ0v) is 11.4. The van der Waals surface area contributed by atoms with E-state index in [0.29, 0.717) is 6.04 Å². The van der Waals surface area contributed by atoms with Crippen LogP contribution >= 0.6 is 11.3 Å². The summed E-state index contributed by atoms with van der Waals surface area (Å²) in [5.74, 6) is 0. The SMILES string of the molecule is CCNC(C)CC(C)(C)c1csc(C)c1. The van der Waals surface area contributed by atoms with E-state index in [4.69, 9.17) is 0 Å². The fourth-order valence-corrected chi connectivity index (χ4v) is 3.00. The van der Waals surface area contributed by atoms with Crippen LogP contribution in [0.4, 0.5) is 0 Å². The second-order valence-corrected chi connectivity index (χ2v) is 6.11. The predicted molar refractivity (Wildman–Crippen MR) is 69.8 cm³/mol. The smallest absolute Gasteiger partial charge is 0.00468 e. The van der Waals surface area contributed by atoms with Crippen molar-refractivity contribution in [3.8, 4) is 0 Å². The molecule has 0 amide bonds. The number of rotatable bonds is 5. The van der Waals surface area contributed by atoms with E-state index < -0.39 is 0 Å². The van der Waals surface area contributed by atoms with Crippen molar-refractivity contribution in [2.45, 2.75) is 52.5 Å². The van der Waals surface area contributed by atoms with Crippen molar-refractivity contribution in [2.75, 3.05) is 6.54 Å². The van der Waals surface area contributed by atoms with Crippen LogP contribution < -0.4 is 5.32 Å². The van der Waals surface area contributed by atoms with E-state index in [9.17, 15) is 0 Å². The molecule has 0 aliphatic heterocycles. The minimum absolute atomic E-state index is 0.284. The molecule has 0 aromatic carbocycles. The Kier molecular flexibility index (Phi) is 4.35. The lowest BCUT2D eigenvalue weighted by molar-refractivity contribution is 0.395. The highest BCUT2D eigenvalue weighted by atomic mass is 32.1. The normalized spacial score (nSPS) is 14.2. The second-order valence-electron chi connectivity index (χ2n) is 4.99. The summed E-state index contributed by atoms with van der Waals surface area (Å²) >= 11 is 1.85. The Balaban J connectivity index is 2.66. The molecular weight excluding hydrogens is 202 g/mol. The van der Waals surface area contributed by atoms with Crippen molar-refractivity contribution in [3.05, 3.63) is 21.9 Å². The molecule has 0 bridgehead atoms. The molecule has 1 aromatic heterocycles. The molecule has 0 aliphatic carbocycles. The molecule has 1 nitrogen and oxygen atoms in total. The molecule has 1 atom stereocenters. The molecule has 0 radical (unpaired) electrons. The highest BCUT2D eigenvalue weighted by Crippen LogP contribution is 2.31. The second kappa shape index (κ2) is 5.13. The van der Waals surface area contributed by atoms with Crippen LogP contribution in [0, 0.1) is 6.92 Å². The van der Waals surface area contributed by atoms with Crippen LogP contribution in [0.3, 0.4) is 0 Å². The standard InChI is InChI=1S/C13H23NS/c1-6-14-10(2)8-13(4,5)12-7-11(3)15-9-12/h7,9-10,14H,6,8H2,1-5H3. The van der Waals surface area contributed by atoms with Gasteiger partial charge in [-0.05, 0) is 49.2 Å². The van der Waals surface area contributed by atoms with E-state index in [1.165, 1.54) is 16.9 Å². The average molecular weight is 225 g/mol. The molecule has 0 fully saturated rings. The van der Waals surface area contributed by atoms with Gasteiger partial charge in [0.2, 0.25) is 0 Å². The Morgan fingerprint density at radius 3 is 2.60 bits per heavy atom. The lowest BCUT2D eigenvalue weighted by atomic mass is 9.80. The summed E-state index contributed by atoms with van der Waals surface area (Å²) in [6.07, 6.45) is 1.19. The Bertz CT molecular complexity index is 301. The van der Waals surface area contributed by atoms with Gasteiger partial charge in [-0.3, -0.25) is 0 Å². The van der Waals surface area contributed by atoms with Crippen LogP contribution in [0.2, 0.25) is 0 Å². The first-order valence-corrected chi connectivity index (χ1v) is 6.62. The molecule has 1 heterocycles. The van der Waals surface area contributed by atoms with Gasteiger partial charge in [0.05, 0.1) is 0 Å². The van der Waals surface area contributed by atoms with E-state index in [2.05, 4.69) is 51.4 Å². The van der Waals surface area contributed by atoms with Crippen molar-refractivity contribution < 1.29 is 0 Å². The van der Waals surface area contributed by atoms with Crippen molar-refractivity contribution in [2.24, 2.45) is 0 Å². The first-order valence-electron chi connectivity index (χ1n) is 5.74. The van der Waals surface area contributed by atoms with Gasteiger partial charge in [-0.15, -0.1) is 11.3 Å². The zero-order valence-electron chi connectivity index (χ0n) is 10.6. The van der Waals surface area contributed by atoms with Crippen LogP contribution in [0.15, 0.2) is 11.4 Å². The third-order valence-electron chi connectivity index (χ3n) is 2.88. The molecule has 1 aromatic rings. The van der Waals surface area contributed by atoms with Gasteiger partial charge >= 0.3 is 0 Å². The number of hydrogen-bond acceptors (Lipinski definition) is 2. The third kappa shape index (κ3) is 3.62. The van der Waals surface area contributed by atoms with Crippen LogP contribution in [-0.4, -0.2) is 12.6 Å². The lowest BCUT2D eigenvalue weighted by Gasteiger charge is -2.28. The highest BCUT2D eigenvalue weighted by molar-refractivity contribution is 7.10. The van der Waals surface area contributed by atoms with Gasteiger partial charge in [0.1, 0.15) is 0 Å². The summed E-state index contributed by atoms with van der Waals surface area (Å²) in [5.41, 5.74) is 1.77. The zero-order chi connectivity index (χ0) is 11.5. The van der Waals surface area contributed by atoms with Gasteiger partial charge in [-0.25, -0.2) is 0 Å². The van der Waals surface area contributed by atoms with Gasteiger partial charge in [0.25, 0.3) is 0 Å². The Morgan fingerprint density at radius 2 is 2.13 bits per heavy atom. The van der Waals surface area contributed by atoms with Crippen LogP contribution in [0.25, 0.3) is 0 Å². The molecule has 2 heteroatoms. The average Bonchev–Trinajstić information content (AvgIpc) is 2.51. The maximum atomic E-state index is 3.48. The van der Waals surface area contributed by atoms with E-state index >= 15 is 0 Å². The largest absolute Gasteiger partial charge is 0.315 e. The Hall–Kier alpha value is -0.340. The van der Waals surface area contributed by atoms with Gasteiger partial charge in [0, 0.05) is 10.9 Å². The summed E-state index contributed by atoms with van der Waals surface area (Å²) in [5, 5.41) is 5.78. The number of aryl methyl sites for hydroxylation is 1. The molecule has 15 heavy (non-hydrogen) atoms. The monoisotopic (exact) mass is 225 g/mol. The van der Waals surface area contributed by atoms with Crippen LogP contribution in [0.1, 0.15) is 44.6 Å². The molecular formula is C13H23NS. The summed E-state index contributed by atoms with van der Waals surface area (Å²) < 4.78 is 0. The van der Waals surface area contributed by atoms with Gasteiger partial charge in [0.15, 0.2) is 0 Å². The van der Waals surface area contributed by atoms with Gasteiger partial charge < -0.3 is 5.32 Å². The molecule has 1 N–H and O–H groups in total. The molecule has 0 saturated heterocycles. The molecule has 1 unspecified atom stereocenters. The third-order valence-corrected chi connectivity index (χ3v) is 3.74. The van der Waals surface area contributed by atoms with E-state index in [-0.39, 0.29) is 5.41 Å². The lowest BCUT2D eigenvalue weighted by Crippen LogP contribution is -2.32. The van der Waals surface area contributed by atoms with Crippen molar-refractivity contribution >= 4 is 11.3 Å². The first-order chi connectivity index (χ1) is 6.95. The molecule has 0 aliphatic rings. The van der Waals surface area contributed by atoms with Crippen LogP contribution in [0.5, 0.6) is 0 Å². The maximum Gasteiger partial charge on any atom is 0.00468 e. The van der Waals surface area contributed by atoms with E-state index in [1.54, 1.807) is 0 Å². The summed E-state index contributed by atoms with van der Waals surface area (Å²) in [4.78, 5) is 1.41. The molecule has 0 saturated carbocycles. The fraction of sp³-hybridized carbons (Fsp3) is 0.692. The highest BCUT2D eigenvalue weighted by Gasteiger charge is 2.23. The number of nitrogens with one attached hydrogen (secondary N) is 1. The summed E-state index contributed by atoms with van der Waals surface area (Å²) in [6, 6.07) is 2.91. The van der Waals surface area contributed by atoms with Crippen molar-refractivity contribution in [1.82, 2.24) is 5.32 Å². The van der Waals surface area contributed by atoms with E-state index in [1.807, 2.05) is 11.3 Å². The molecule has 86 valence electrons. The number of hydrogen-bond donors (Lipinski definition) is 1. The number of thiophene rings is 1. The minimum Gasteiger partial charge on any atom is -0.315 e. The first kappa shape index (κ1) is 12.7. The van der Waals surface area contributed by atoms with Crippen molar-refractivity contribution in [1.29, 1.82) is 0 Å². The van der Waals surface area contributed by atoms with Gasteiger partial charge in [-0.2, -0.15) is 0 Å².